The Morgan fingerprint density at radius 2 is 1.70 bits per heavy atom. The number of hydrogen-bond acceptors (Lipinski definition) is 2. The van der Waals surface area contributed by atoms with Crippen molar-refractivity contribution in [1.29, 1.82) is 0 Å². The van der Waals surface area contributed by atoms with Gasteiger partial charge in [-0.1, -0.05) is 18.2 Å². The molecule has 4 bridgehead atoms. The summed E-state index contributed by atoms with van der Waals surface area (Å²) >= 11 is 0. The van der Waals surface area contributed by atoms with E-state index in [-0.39, 0.29) is 11.3 Å². The van der Waals surface area contributed by atoms with E-state index in [1.807, 2.05) is 30.3 Å². The molecule has 2 aromatic rings. The van der Waals surface area contributed by atoms with Crippen LogP contribution in [-0.2, 0) is 4.79 Å². The molecule has 3 nitrogen and oxygen atoms in total. The number of rotatable bonds is 2. The predicted molar refractivity (Wildman–Crippen MR) is 91.0 cm³/mol. The lowest BCUT2D eigenvalue weighted by molar-refractivity contribution is -0.140. The molecule has 1 aromatic heterocycles. The number of nitrogens with zero attached hydrogens (tertiary/aromatic N) is 1. The summed E-state index contributed by atoms with van der Waals surface area (Å²) in [6, 6.07) is 10.1. The quantitative estimate of drug-likeness (QED) is 0.894. The minimum absolute atomic E-state index is 0.0968. The van der Waals surface area contributed by atoms with Crippen LogP contribution in [0.4, 0.5) is 5.69 Å². The van der Waals surface area contributed by atoms with Crippen molar-refractivity contribution < 1.29 is 4.79 Å². The predicted octanol–water partition coefficient (Wildman–Crippen LogP) is 4.39. The van der Waals surface area contributed by atoms with Crippen molar-refractivity contribution in [3.8, 4) is 0 Å². The van der Waals surface area contributed by atoms with Gasteiger partial charge in [-0.3, -0.25) is 9.78 Å². The third-order valence-electron chi connectivity index (χ3n) is 6.37. The molecule has 4 saturated carbocycles. The van der Waals surface area contributed by atoms with E-state index in [1.165, 1.54) is 19.3 Å². The number of carbonyl (C=O) groups is 1. The summed E-state index contributed by atoms with van der Waals surface area (Å²) in [4.78, 5) is 17.5. The number of benzene rings is 1. The maximum Gasteiger partial charge on any atom is 0.230 e. The number of anilines is 1. The van der Waals surface area contributed by atoms with Gasteiger partial charge in [-0.05, 0) is 68.4 Å². The summed E-state index contributed by atoms with van der Waals surface area (Å²) in [6.07, 6.45) is 9.20. The third kappa shape index (κ3) is 2.17. The van der Waals surface area contributed by atoms with Gasteiger partial charge < -0.3 is 5.32 Å². The van der Waals surface area contributed by atoms with Crippen LogP contribution < -0.4 is 5.32 Å². The number of aromatic nitrogens is 1. The zero-order valence-corrected chi connectivity index (χ0v) is 13.3. The first-order valence-electron chi connectivity index (χ1n) is 8.86. The Morgan fingerprint density at radius 1 is 1.04 bits per heavy atom. The first-order chi connectivity index (χ1) is 11.2. The molecule has 0 aliphatic heterocycles. The fraction of sp³-hybridized carbons (Fsp3) is 0.500. The van der Waals surface area contributed by atoms with E-state index < -0.39 is 0 Å². The van der Waals surface area contributed by atoms with Gasteiger partial charge in [-0.2, -0.15) is 0 Å². The minimum atomic E-state index is -0.0968. The maximum absolute atomic E-state index is 13.1. The molecule has 0 atom stereocenters. The zero-order valence-electron chi connectivity index (χ0n) is 13.3. The number of fused-ring (bicyclic) bond motifs is 1. The molecule has 0 radical (unpaired) electrons. The second-order valence-electron chi connectivity index (χ2n) is 8.07. The first kappa shape index (κ1) is 13.5. The monoisotopic (exact) mass is 306 g/mol. The van der Waals surface area contributed by atoms with Crippen LogP contribution >= 0.6 is 0 Å². The van der Waals surface area contributed by atoms with Gasteiger partial charge in [0.15, 0.2) is 0 Å². The molecular weight excluding hydrogens is 284 g/mol. The molecule has 118 valence electrons. The summed E-state index contributed by atoms with van der Waals surface area (Å²) in [5.74, 6) is 2.62. The van der Waals surface area contributed by atoms with Crippen LogP contribution in [0.15, 0.2) is 36.5 Å². The van der Waals surface area contributed by atoms with E-state index in [2.05, 4.69) is 10.3 Å². The third-order valence-corrected chi connectivity index (χ3v) is 6.37. The number of hydrogen-bond donors (Lipinski definition) is 1. The van der Waals surface area contributed by atoms with E-state index in [4.69, 9.17) is 0 Å². The van der Waals surface area contributed by atoms with Gasteiger partial charge in [0.1, 0.15) is 0 Å². The van der Waals surface area contributed by atoms with E-state index >= 15 is 0 Å². The molecular formula is C20H22N2O. The van der Waals surface area contributed by atoms with Crippen LogP contribution in [0.5, 0.6) is 0 Å². The van der Waals surface area contributed by atoms with E-state index in [9.17, 15) is 4.79 Å². The van der Waals surface area contributed by atoms with E-state index in [0.717, 1.165) is 53.6 Å². The van der Waals surface area contributed by atoms with Crippen molar-refractivity contribution in [1.82, 2.24) is 4.98 Å². The molecule has 1 N–H and O–H groups in total. The highest BCUT2D eigenvalue weighted by Gasteiger charge is 2.54. The lowest BCUT2D eigenvalue weighted by atomic mass is 9.49. The fourth-order valence-electron chi connectivity index (χ4n) is 5.79. The Bertz CT molecular complexity index is 747. The Kier molecular flexibility index (Phi) is 2.82. The lowest BCUT2D eigenvalue weighted by Gasteiger charge is -2.55. The minimum Gasteiger partial charge on any atom is -0.324 e. The Balaban J connectivity index is 1.42. The number of nitrogens with one attached hydrogen (secondary N) is 1. The zero-order chi connectivity index (χ0) is 15.4. The van der Waals surface area contributed by atoms with Crippen LogP contribution in [0.2, 0.25) is 0 Å². The summed E-state index contributed by atoms with van der Waals surface area (Å²) in [5.41, 5.74) is 1.71. The van der Waals surface area contributed by atoms with Crippen molar-refractivity contribution in [2.75, 3.05) is 5.32 Å². The Hall–Kier alpha value is -1.90. The fourth-order valence-corrected chi connectivity index (χ4v) is 5.79. The highest BCUT2D eigenvalue weighted by molar-refractivity contribution is 5.97. The largest absolute Gasteiger partial charge is 0.324 e. The summed E-state index contributed by atoms with van der Waals surface area (Å²) in [6.45, 7) is 0. The van der Waals surface area contributed by atoms with Crippen molar-refractivity contribution >= 4 is 22.5 Å². The van der Waals surface area contributed by atoms with Gasteiger partial charge in [-0.15, -0.1) is 0 Å². The van der Waals surface area contributed by atoms with Gasteiger partial charge in [0.05, 0.1) is 22.8 Å². The lowest BCUT2D eigenvalue weighted by Crippen LogP contribution is -2.51. The van der Waals surface area contributed by atoms with Crippen molar-refractivity contribution in [2.24, 2.45) is 23.2 Å². The first-order valence-corrected chi connectivity index (χ1v) is 8.86. The SMILES string of the molecule is O=C(Nc1cnc2ccccc2c1)C12CC3CC(CC(C3)C1)C2. The smallest absolute Gasteiger partial charge is 0.230 e. The summed E-state index contributed by atoms with van der Waals surface area (Å²) in [7, 11) is 0. The topological polar surface area (TPSA) is 42.0 Å². The highest BCUT2D eigenvalue weighted by atomic mass is 16.2. The van der Waals surface area contributed by atoms with Crippen LogP contribution in [-0.4, -0.2) is 10.9 Å². The van der Waals surface area contributed by atoms with Gasteiger partial charge >= 0.3 is 0 Å². The summed E-state index contributed by atoms with van der Waals surface area (Å²) < 4.78 is 0. The number of carbonyl (C=O) groups excluding carboxylic acids is 1. The van der Waals surface area contributed by atoms with Gasteiger partial charge in [0.25, 0.3) is 0 Å². The Labute approximate surface area is 136 Å². The average Bonchev–Trinajstić information content (AvgIpc) is 2.53. The van der Waals surface area contributed by atoms with Crippen molar-refractivity contribution in [3.05, 3.63) is 36.5 Å². The van der Waals surface area contributed by atoms with Crippen LogP contribution in [0.3, 0.4) is 0 Å². The van der Waals surface area contributed by atoms with Crippen molar-refractivity contribution in [2.45, 2.75) is 38.5 Å². The molecule has 6 rings (SSSR count). The molecule has 23 heavy (non-hydrogen) atoms. The average molecular weight is 306 g/mol. The highest BCUT2D eigenvalue weighted by Crippen LogP contribution is 2.60. The van der Waals surface area contributed by atoms with Crippen LogP contribution in [0.25, 0.3) is 10.9 Å². The second-order valence-corrected chi connectivity index (χ2v) is 8.07. The molecule has 1 amide bonds. The number of para-hydroxylation sites is 1. The van der Waals surface area contributed by atoms with Gasteiger partial charge in [0.2, 0.25) is 5.91 Å². The molecule has 4 fully saturated rings. The molecule has 0 unspecified atom stereocenters. The molecule has 0 saturated heterocycles. The maximum atomic E-state index is 13.1. The molecule has 4 aliphatic rings. The molecule has 4 aliphatic carbocycles. The second kappa shape index (κ2) is 4.80. The van der Waals surface area contributed by atoms with E-state index in [0.29, 0.717) is 0 Å². The van der Waals surface area contributed by atoms with Gasteiger partial charge in [-0.25, -0.2) is 0 Å². The molecule has 0 spiro atoms. The Morgan fingerprint density at radius 3 is 2.39 bits per heavy atom. The van der Waals surface area contributed by atoms with Crippen molar-refractivity contribution in [3.63, 3.8) is 0 Å². The van der Waals surface area contributed by atoms with Crippen LogP contribution in [0, 0.1) is 23.2 Å². The summed E-state index contributed by atoms with van der Waals surface area (Å²) in [5, 5.41) is 4.27. The van der Waals surface area contributed by atoms with Gasteiger partial charge in [0, 0.05) is 5.39 Å². The molecule has 1 aromatic carbocycles. The normalized spacial score (nSPS) is 34.7. The van der Waals surface area contributed by atoms with E-state index in [1.54, 1.807) is 6.20 Å². The number of pyridine rings is 1. The molecule has 1 heterocycles. The number of amides is 1. The standard InChI is InChI=1S/C20H22N2O/c23-19(20-9-13-5-14(10-20)7-15(6-13)11-20)22-17-8-16-3-1-2-4-18(16)21-12-17/h1-4,8,12-15H,5-7,9-11H2,(H,22,23). The molecule has 3 heteroatoms. The van der Waals surface area contributed by atoms with Crippen LogP contribution in [0.1, 0.15) is 38.5 Å².